The van der Waals surface area contributed by atoms with Crippen LogP contribution in [0.1, 0.15) is 17.0 Å². The topological polar surface area (TPSA) is 91.1 Å². The first-order valence-electron chi connectivity index (χ1n) is 9.48. The van der Waals surface area contributed by atoms with E-state index in [0.717, 1.165) is 30.9 Å². The standard InChI is InChI=1S/C20H26ClN5O3.HI/c1-22-20(24-9-8-23-19(27)18-4-3-11-29-18)25-15-7-10-26(13-15)16-12-14(21)5-6-17(16)28-2;/h3-6,11-12,15H,7-10,13H2,1-2H3,(H,23,27)(H2,22,24,25);1H. The van der Waals surface area contributed by atoms with Gasteiger partial charge in [-0.3, -0.25) is 9.79 Å². The van der Waals surface area contributed by atoms with Crippen molar-refractivity contribution in [3.05, 3.63) is 47.4 Å². The zero-order valence-corrected chi connectivity index (χ0v) is 20.1. The number of nitrogens with zero attached hydrogens (tertiary/aromatic N) is 2. The molecule has 1 aromatic heterocycles. The Morgan fingerprint density at radius 2 is 2.13 bits per heavy atom. The van der Waals surface area contributed by atoms with Gasteiger partial charge >= 0.3 is 0 Å². The maximum atomic E-state index is 11.8. The molecule has 164 valence electrons. The van der Waals surface area contributed by atoms with E-state index in [1.807, 2.05) is 18.2 Å². The number of aliphatic imine (C=N–C) groups is 1. The molecule has 2 aromatic rings. The monoisotopic (exact) mass is 547 g/mol. The lowest BCUT2D eigenvalue weighted by Gasteiger charge is -2.22. The maximum Gasteiger partial charge on any atom is 0.287 e. The third-order valence-corrected chi connectivity index (χ3v) is 4.92. The summed E-state index contributed by atoms with van der Waals surface area (Å²) in [5.74, 6) is 1.57. The Hall–Kier alpha value is -2.14. The van der Waals surface area contributed by atoms with Crippen LogP contribution in [0.2, 0.25) is 5.02 Å². The minimum Gasteiger partial charge on any atom is -0.495 e. The Morgan fingerprint density at radius 1 is 1.33 bits per heavy atom. The van der Waals surface area contributed by atoms with Crippen molar-refractivity contribution in [1.29, 1.82) is 0 Å². The summed E-state index contributed by atoms with van der Waals surface area (Å²) in [4.78, 5) is 18.4. The molecule has 1 unspecified atom stereocenters. The van der Waals surface area contributed by atoms with Gasteiger partial charge in [0, 0.05) is 44.3 Å². The first-order valence-corrected chi connectivity index (χ1v) is 9.86. The van der Waals surface area contributed by atoms with E-state index in [0.29, 0.717) is 29.8 Å². The van der Waals surface area contributed by atoms with Gasteiger partial charge in [0.25, 0.3) is 5.91 Å². The number of benzene rings is 1. The number of furan rings is 1. The second kappa shape index (κ2) is 11.9. The highest BCUT2D eigenvalue weighted by Gasteiger charge is 2.25. The molecule has 1 fully saturated rings. The number of hydrogen-bond donors (Lipinski definition) is 3. The van der Waals surface area contributed by atoms with Crippen LogP contribution >= 0.6 is 35.6 Å². The van der Waals surface area contributed by atoms with E-state index in [1.54, 1.807) is 26.3 Å². The summed E-state index contributed by atoms with van der Waals surface area (Å²) in [5, 5.41) is 10.1. The van der Waals surface area contributed by atoms with Crippen LogP contribution in [0.25, 0.3) is 0 Å². The molecule has 1 amide bonds. The lowest BCUT2D eigenvalue weighted by atomic mass is 10.2. The van der Waals surface area contributed by atoms with Crippen molar-refractivity contribution in [2.75, 3.05) is 45.2 Å². The van der Waals surface area contributed by atoms with E-state index in [2.05, 4.69) is 25.8 Å². The minimum absolute atomic E-state index is 0. The minimum atomic E-state index is -0.235. The molecule has 0 saturated carbocycles. The number of guanidine groups is 1. The Labute approximate surface area is 198 Å². The molecule has 0 radical (unpaired) electrons. The van der Waals surface area contributed by atoms with E-state index in [1.165, 1.54) is 6.26 Å². The van der Waals surface area contributed by atoms with Crippen LogP contribution in [0.15, 0.2) is 46.0 Å². The molecule has 2 heterocycles. The number of carbonyl (C=O) groups is 1. The molecular weight excluding hydrogens is 521 g/mol. The van der Waals surface area contributed by atoms with Crippen molar-refractivity contribution in [2.45, 2.75) is 12.5 Å². The van der Waals surface area contributed by atoms with Gasteiger partial charge in [-0.25, -0.2) is 0 Å². The average molecular weight is 548 g/mol. The van der Waals surface area contributed by atoms with Crippen molar-refractivity contribution in [1.82, 2.24) is 16.0 Å². The number of ether oxygens (including phenoxy) is 1. The highest BCUT2D eigenvalue weighted by atomic mass is 127. The molecule has 3 N–H and O–H groups in total. The highest BCUT2D eigenvalue weighted by molar-refractivity contribution is 14.0. The molecule has 0 spiro atoms. The van der Waals surface area contributed by atoms with Gasteiger partial charge in [-0.1, -0.05) is 11.6 Å². The molecule has 0 aliphatic carbocycles. The Morgan fingerprint density at radius 3 is 2.83 bits per heavy atom. The third-order valence-electron chi connectivity index (χ3n) is 4.68. The quantitative estimate of drug-likeness (QED) is 0.214. The van der Waals surface area contributed by atoms with Gasteiger partial charge in [0.15, 0.2) is 11.7 Å². The fraction of sp³-hybridized carbons (Fsp3) is 0.400. The van der Waals surface area contributed by atoms with Crippen LogP contribution in [0.3, 0.4) is 0 Å². The summed E-state index contributed by atoms with van der Waals surface area (Å²) < 4.78 is 10.5. The van der Waals surface area contributed by atoms with Crippen LogP contribution in [0.4, 0.5) is 5.69 Å². The molecule has 1 aliphatic rings. The highest BCUT2D eigenvalue weighted by Crippen LogP contribution is 2.33. The molecule has 3 rings (SSSR count). The van der Waals surface area contributed by atoms with Crippen LogP contribution in [-0.2, 0) is 0 Å². The van der Waals surface area contributed by atoms with Crippen LogP contribution in [0, 0.1) is 0 Å². The third kappa shape index (κ3) is 6.43. The van der Waals surface area contributed by atoms with Gasteiger partial charge in [-0.05, 0) is 36.8 Å². The first kappa shape index (κ1) is 24.1. The lowest BCUT2D eigenvalue weighted by Crippen LogP contribution is -2.46. The van der Waals surface area contributed by atoms with Crippen LogP contribution in [-0.4, -0.2) is 58.2 Å². The molecule has 1 aromatic carbocycles. The molecular formula is C20H27ClIN5O3. The molecule has 1 saturated heterocycles. The largest absolute Gasteiger partial charge is 0.495 e. The second-order valence-electron chi connectivity index (χ2n) is 6.62. The van der Waals surface area contributed by atoms with E-state index >= 15 is 0 Å². The van der Waals surface area contributed by atoms with E-state index in [9.17, 15) is 4.79 Å². The van der Waals surface area contributed by atoms with E-state index in [-0.39, 0.29) is 35.9 Å². The summed E-state index contributed by atoms with van der Waals surface area (Å²) in [6.07, 6.45) is 2.44. The SMILES string of the molecule is CN=C(NCCNC(=O)c1ccco1)NC1CCN(c2cc(Cl)ccc2OC)C1.I. The van der Waals surface area contributed by atoms with Gasteiger partial charge < -0.3 is 30.0 Å². The Balaban J connectivity index is 0.00000320. The summed E-state index contributed by atoms with van der Waals surface area (Å²) in [5.41, 5.74) is 0.993. The van der Waals surface area contributed by atoms with Crippen molar-refractivity contribution in [2.24, 2.45) is 4.99 Å². The fourth-order valence-corrected chi connectivity index (χ4v) is 3.41. The summed E-state index contributed by atoms with van der Waals surface area (Å²) in [6, 6.07) is 9.19. The van der Waals surface area contributed by atoms with Gasteiger partial charge in [0.05, 0.1) is 19.1 Å². The Bertz CT molecular complexity index is 847. The zero-order valence-electron chi connectivity index (χ0n) is 17.0. The van der Waals surface area contributed by atoms with Gasteiger partial charge in [0.1, 0.15) is 5.75 Å². The van der Waals surface area contributed by atoms with Gasteiger partial charge in [-0.15, -0.1) is 24.0 Å². The van der Waals surface area contributed by atoms with E-state index < -0.39 is 0 Å². The molecule has 1 atom stereocenters. The summed E-state index contributed by atoms with van der Waals surface area (Å²) in [6.45, 7) is 2.71. The molecule has 8 nitrogen and oxygen atoms in total. The number of anilines is 1. The smallest absolute Gasteiger partial charge is 0.287 e. The lowest BCUT2D eigenvalue weighted by molar-refractivity contribution is 0.0926. The number of amides is 1. The number of methoxy groups -OCH3 is 1. The number of hydrogen-bond acceptors (Lipinski definition) is 5. The molecule has 0 bridgehead atoms. The zero-order chi connectivity index (χ0) is 20.6. The predicted octanol–water partition coefficient (Wildman–Crippen LogP) is 2.73. The van der Waals surface area contributed by atoms with Crippen molar-refractivity contribution in [3.63, 3.8) is 0 Å². The van der Waals surface area contributed by atoms with Crippen molar-refractivity contribution < 1.29 is 13.9 Å². The molecule has 10 heteroatoms. The molecule has 1 aliphatic heterocycles. The number of halogens is 2. The summed E-state index contributed by atoms with van der Waals surface area (Å²) >= 11 is 6.16. The Kier molecular flexibility index (Phi) is 9.57. The van der Waals surface area contributed by atoms with Crippen molar-refractivity contribution >= 4 is 53.1 Å². The number of rotatable bonds is 7. The van der Waals surface area contributed by atoms with Crippen LogP contribution in [0.5, 0.6) is 5.75 Å². The maximum absolute atomic E-state index is 11.8. The normalized spacial score (nSPS) is 16.0. The van der Waals surface area contributed by atoms with Crippen LogP contribution < -0.4 is 25.6 Å². The number of carbonyl (C=O) groups excluding carboxylic acids is 1. The first-order chi connectivity index (χ1) is 14.1. The number of nitrogens with one attached hydrogen (secondary N) is 3. The molecule has 30 heavy (non-hydrogen) atoms. The predicted molar refractivity (Wildman–Crippen MR) is 130 cm³/mol. The summed E-state index contributed by atoms with van der Waals surface area (Å²) in [7, 11) is 3.39. The second-order valence-corrected chi connectivity index (χ2v) is 7.06. The van der Waals surface area contributed by atoms with Crippen molar-refractivity contribution in [3.8, 4) is 5.75 Å². The van der Waals surface area contributed by atoms with E-state index in [4.69, 9.17) is 20.8 Å². The fourth-order valence-electron chi connectivity index (χ4n) is 3.25. The van der Waals surface area contributed by atoms with Gasteiger partial charge in [-0.2, -0.15) is 0 Å². The average Bonchev–Trinajstić information content (AvgIpc) is 3.42. The van der Waals surface area contributed by atoms with Gasteiger partial charge in [0.2, 0.25) is 0 Å².